The van der Waals surface area contributed by atoms with Gasteiger partial charge in [-0.25, -0.2) is 14.2 Å². The Morgan fingerprint density at radius 2 is 1.82 bits per heavy atom. The van der Waals surface area contributed by atoms with E-state index >= 15 is 0 Å². The Kier molecular flexibility index (Phi) is 14.9. The number of carbonyl (C=O) groups excluding carboxylic acids is 5. The molecule has 5 atom stereocenters. The first-order valence-electron chi connectivity index (χ1n) is 23.1. The van der Waals surface area contributed by atoms with Crippen LogP contribution in [0.5, 0.6) is 0 Å². The minimum Gasteiger partial charge on any atom is -0.464 e. The van der Waals surface area contributed by atoms with Gasteiger partial charge in [-0.15, -0.1) is 0 Å². The zero-order valence-corrected chi connectivity index (χ0v) is 39.5. The fourth-order valence-corrected chi connectivity index (χ4v) is 9.88. The molecule has 0 unspecified atom stereocenters. The second-order valence-corrected chi connectivity index (χ2v) is 19.2. The van der Waals surface area contributed by atoms with Gasteiger partial charge in [0.2, 0.25) is 17.7 Å². The average Bonchev–Trinajstić information content (AvgIpc) is 3.92. The highest BCUT2D eigenvalue weighted by Gasteiger charge is 2.40. The van der Waals surface area contributed by atoms with Gasteiger partial charge in [-0.3, -0.25) is 34.0 Å². The summed E-state index contributed by atoms with van der Waals surface area (Å²) in [5.74, 6) is -2.91. The Hall–Kier alpha value is -6.00. The number of likely N-dealkylation sites (N-methyl/N-ethyl adjacent to an activating group) is 1. The minimum absolute atomic E-state index is 0.0139. The number of hydrogen-bond acceptors (Lipinski definition) is 9. The predicted molar refractivity (Wildman–Crippen MR) is 250 cm³/mol. The summed E-state index contributed by atoms with van der Waals surface area (Å²) >= 11 is 0. The number of carbonyl (C=O) groups is 5. The maximum Gasteiger partial charge on any atom is 0.324 e. The van der Waals surface area contributed by atoms with Gasteiger partial charge in [-0.05, 0) is 91.1 Å². The molecule has 3 aliphatic rings. The van der Waals surface area contributed by atoms with Crippen molar-refractivity contribution in [3.8, 4) is 22.4 Å². The predicted octanol–water partition coefficient (Wildman–Crippen LogP) is 6.51. The molecular weight excluding hydrogens is 861 g/mol. The number of nitrogens with one attached hydrogen (secondary N) is 2. The van der Waals surface area contributed by atoms with E-state index in [4.69, 9.17) is 9.47 Å². The Morgan fingerprint density at radius 3 is 2.54 bits per heavy atom. The molecule has 2 aromatic carbocycles. The van der Waals surface area contributed by atoms with E-state index in [-0.39, 0.29) is 43.8 Å². The van der Waals surface area contributed by atoms with Crippen molar-refractivity contribution >= 4 is 40.5 Å². The number of rotatable bonds is 11. The molecule has 0 spiro atoms. The third-order valence-corrected chi connectivity index (χ3v) is 13.3. The van der Waals surface area contributed by atoms with E-state index in [2.05, 4.69) is 22.3 Å². The second kappa shape index (κ2) is 20.5. The summed E-state index contributed by atoms with van der Waals surface area (Å²) in [4.78, 5) is 76.9. The summed E-state index contributed by atoms with van der Waals surface area (Å²) in [6.07, 6.45) is 1.49. The number of halogens is 2. The lowest BCUT2D eigenvalue weighted by molar-refractivity contribution is -0.155. The fourth-order valence-electron chi connectivity index (χ4n) is 9.88. The maximum absolute atomic E-state index is 14.7. The van der Waals surface area contributed by atoms with Gasteiger partial charge in [-0.2, -0.15) is 0 Å². The summed E-state index contributed by atoms with van der Waals surface area (Å²) in [6, 6.07) is 14.1. The zero-order chi connectivity index (χ0) is 48.3. The number of esters is 1. The lowest BCUT2D eigenvalue weighted by atomic mass is 9.84. The molecule has 0 saturated carbocycles. The molecule has 16 heteroatoms. The molecule has 67 heavy (non-hydrogen) atoms. The van der Waals surface area contributed by atoms with Gasteiger partial charge < -0.3 is 29.2 Å². The lowest BCUT2D eigenvalue weighted by Crippen LogP contribution is -2.62. The van der Waals surface area contributed by atoms with Gasteiger partial charge >= 0.3 is 5.97 Å². The SMILES string of the molecule is C=CC(=O)N1CC[C@H](C(=O)N(C)[C@H](C(=O)N[C@H]2Cc3cccc(c3)-c3ccc4c(c3)c(c(-c3cccnc3[C@H](C)OC)n4CC(F)F)CC(C)(C)COC(=O)[C@@H]3CCCN(N3)C2=O)C(C)C)C1. The Labute approximate surface area is 391 Å². The van der Waals surface area contributed by atoms with Gasteiger partial charge in [0.15, 0.2) is 0 Å². The molecule has 2 fully saturated rings. The molecular formula is C51H63F2N7O7. The van der Waals surface area contributed by atoms with Crippen molar-refractivity contribution in [1.82, 2.24) is 35.1 Å². The number of hydrazine groups is 1. The molecule has 7 rings (SSSR count). The summed E-state index contributed by atoms with van der Waals surface area (Å²) in [5.41, 5.74) is 7.96. The van der Waals surface area contributed by atoms with E-state index in [1.54, 1.807) is 35.9 Å². The smallest absolute Gasteiger partial charge is 0.324 e. The molecule has 4 aromatic rings. The van der Waals surface area contributed by atoms with Crippen LogP contribution in [0.3, 0.4) is 0 Å². The Bertz CT molecular complexity index is 2520. The van der Waals surface area contributed by atoms with E-state index in [1.165, 1.54) is 16.0 Å². The molecule has 3 aliphatic heterocycles. The molecule has 0 aliphatic carbocycles. The van der Waals surface area contributed by atoms with Crippen LogP contribution >= 0.6 is 0 Å². The number of amides is 4. The number of methoxy groups -OCH3 is 1. The number of likely N-dealkylation sites (tertiary alicyclic amines) is 1. The van der Waals surface area contributed by atoms with Gasteiger partial charge in [0.25, 0.3) is 12.3 Å². The molecule has 358 valence electrons. The van der Waals surface area contributed by atoms with E-state index in [9.17, 15) is 32.8 Å². The van der Waals surface area contributed by atoms with Crippen LogP contribution in [-0.2, 0) is 52.8 Å². The van der Waals surface area contributed by atoms with E-state index in [0.29, 0.717) is 54.7 Å². The highest BCUT2D eigenvalue weighted by atomic mass is 19.3. The first-order chi connectivity index (χ1) is 31.9. The van der Waals surface area contributed by atoms with Crippen molar-refractivity contribution in [2.75, 3.05) is 40.4 Å². The number of cyclic esters (lactones) is 1. The first-order valence-corrected chi connectivity index (χ1v) is 23.1. The van der Waals surface area contributed by atoms with Crippen molar-refractivity contribution in [1.29, 1.82) is 0 Å². The van der Waals surface area contributed by atoms with Gasteiger partial charge in [0.1, 0.15) is 18.1 Å². The van der Waals surface area contributed by atoms with Crippen LogP contribution in [0, 0.1) is 17.3 Å². The van der Waals surface area contributed by atoms with Crippen LogP contribution in [0.15, 0.2) is 73.4 Å². The number of pyridine rings is 1. The summed E-state index contributed by atoms with van der Waals surface area (Å²) in [5, 5.41) is 5.14. The summed E-state index contributed by atoms with van der Waals surface area (Å²) in [6.45, 7) is 13.3. The van der Waals surface area contributed by atoms with Crippen LogP contribution in [0.25, 0.3) is 33.3 Å². The largest absolute Gasteiger partial charge is 0.464 e. The van der Waals surface area contributed by atoms with Crippen LogP contribution in [-0.4, -0.2) is 119 Å². The van der Waals surface area contributed by atoms with Crippen molar-refractivity contribution in [2.45, 2.75) is 104 Å². The number of nitrogens with zero attached hydrogens (tertiary/aromatic N) is 5. The number of alkyl halides is 2. The molecule has 5 heterocycles. The molecule has 6 bridgehead atoms. The first kappa shape index (κ1) is 48.9. The highest BCUT2D eigenvalue weighted by Crippen LogP contribution is 2.42. The number of ether oxygens (including phenoxy) is 2. The molecule has 2 saturated heterocycles. The number of hydrogen-bond donors (Lipinski definition) is 2. The third-order valence-electron chi connectivity index (χ3n) is 13.3. The van der Waals surface area contributed by atoms with Crippen LogP contribution in [0.4, 0.5) is 8.78 Å². The topological polar surface area (TPSA) is 155 Å². The number of benzene rings is 2. The van der Waals surface area contributed by atoms with Crippen LogP contribution in [0.1, 0.15) is 76.8 Å². The normalized spacial score (nSPS) is 20.9. The Morgan fingerprint density at radius 1 is 1.06 bits per heavy atom. The average molecular weight is 924 g/mol. The molecule has 2 aromatic heterocycles. The molecule has 2 N–H and O–H groups in total. The van der Waals surface area contributed by atoms with E-state index < -0.39 is 66.3 Å². The van der Waals surface area contributed by atoms with Crippen molar-refractivity contribution < 1.29 is 42.2 Å². The summed E-state index contributed by atoms with van der Waals surface area (Å²) in [7, 11) is 3.15. The van der Waals surface area contributed by atoms with Gasteiger partial charge in [-0.1, -0.05) is 64.6 Å². The second-order valence-electron chi connectivity index (χ2n) is 19.2. The van der Waals surface area contributed by atoms with E-state index in [1.807, 2.05) is 83.1 Å². The molecule has 14 nitrogen and oxygen atoms in total. The van der Waals surface area contributed by atoms with Crippen LogP contribution in [0.2, 0.25) is 0 Å². The number of aromatic nitrogens is 2. The zero-order valence-electron chi connectivity index (χ0n) is 39.5. The minimum atomic E-state index is -2.68. The van der Waals surface area contributed by atoms with Crippen molar-refractivity contribution in [3.05, 3.63) is 90.3 Å². The van der Waals surface area contributed by atoms with Gasteiger partial charge in [0, 0.05) is 68.3 Å². The summed E-state index contributed by atoms with van der Waals surface area (Å²) < 4.78 is 42.7. The maximum atomic E-state index is 14.7. The number of fused-ring (bicyclic) bond motifs is 6. The standard InChI is InChI=1S/C51H63F2N7O7/c1-9-43(61)58-22-19-35(27-58)48(63)57(7)45(30(2)3)47(62)55-40-24-32-13-10-14-33(23-32)34-17-18-41-37(25-34)38(26-51(5,6)29-67-50(65)39-16-12-21-60(56-39)49(40)64)46(59(41)28-42(52)53)36-15-11-20-54-44(36)31(4)66-8/h9-11,13-15,17-18,20,23,25,30-31,35,39-40,42,45,56H,1,12,16,19,21-22,24,26-29H2,2-8H3,(H,55,62)/t31-,35-,39-,40-,45-/m0/s1. The Balaban J connectivity index is 1.31. The van der Waals surface area contributed by atoms with Gasteiger partial charge in [0.05, 0.1) is 36.6 Å². The molecule has 4 amide bonds. The monoisotopic (exact) mass is 923 g/mol. The van der Waals surface area contributed by atoms with Crippen molar-refractivity contribution in [2.24, 2.45) is 17.3 Å². The quantitative estimate of drug-likeness (QED) is 0.127. The van der Waals surface area contributed by atoms with Crippen LogP contribution < -0.4 is 10.7 Å². The highest BCUT2D eigenvalue weighted by molar-refractivity contribution is 5.96. The lowest BCUT2D eigenvalue weighted by Gasteiger charge is -2.37. The fraction of sp³-hybridized carbons (Fsp3) is 0.490. The third kappa shape index (κ3) is 10.6. The molecule has 0 radical (unpaired) electrons. The van der Waals surface area contributed by atoms with Crippen molar-refractivity contribution in [3.63, 3.8) is 0 Å². The van der Waals surface area contributed by atoms with E-state index in [0.717, 1.165) is 27.6 Å².